The first kappa shape index (κ1) is 15.7. The fourth-order valence-corrected chi connectivity index (χ4v) is 2.15. The molecule has 1 aromatic carbocycles. The summed E-state index contributed by atoms with van der Waals surface area (Å²) in [4.78, 5) is 16.5. The summed E-state index contributed by atoms with van der Waals surface area (Å²) in [5.41, 5.74) is 1.72. The first-order valence-corrected chi connectivity index (χ1v) is 7.42. The molecule has 0 bridgehead atoms. The number of esters is 1. The van der Waals surface area contributed by atoms with Crippen LogP contribution in [0.3, 0.4) is 0 Å². The maximum Gasteiger partial charge on any atom is 0.344 e. The van der Waals surface area contributed by atoms with E-state index in [0.717, 1.165) is 5.56 Å². The first-order valence-electron chi connectivity index (χ1n) is 7.42. The van der Waals surface area contributed by atoms with Gasteiger partial charge in [-0.15, -0.1) is 0 Å². The maximum atomic E-state index is 12.4. The zero-order valence-corrected chi connectivity index (χ0v) is 13.4. The molecule has 6 nitrogen and oxygen atoms in total. The Morgan fingerprint density at radius 2 is 1.92 bits per heavy atom. The van der Waals surface area contributed by atoms with Gasteiger partial charge < -0.3 is 14.0 Å². The highest BCUT2D eigenvalue weighted by molar-refractivity contribution is 5.91. The highest BCUT2D eigenvalue weighted by Gasteiger charge is 2.18. The van der Waals surface area contributed by atoms with Crippen molar-refractivity contribution in [3.05, 3.63) is 71.2 Å². The van der Waals surface area contributed by atoms with Crippen LogP contribution in [-0.2, 0) is 11.3 Å². The second-order valence-electron chi connectivity index (χ2n) is 5.15. The largest absolute Gasteiger partial charge is 0.457 e. The lowest BCUT2D eigenvalue weighted by atomic mass is 10.2. The topological polar surface area (TPSA) is 74.5 Å². The van der Waals surface area contributed by atoms with Gasteiger partial charge in [0.05, 0.1) is 11.3 Å². The molecule has 3 aromatic rings. The minimum atomic E-state index is -0.519. The number of ether oxygens (including phenoxy) is 2. The average Bonchev–Trinajstić information content (AvgIpc) is 2.92. The molecule has 3 rings (SSSR count). The number of hydrogen-bond acceptors (Lipinski definition) is 6. The van der Waals surface area contributed by atoms with E-state index in [1.807, 2.05) is 18.2 Å². The van der Waals surface area contributed by atoms with Crippen molar-refractivity contribution in [1.82, 2.24) is 10.1 Å². The third-order valence-corrected chi connectivity index (χ3v) is 3.48. The highest BCUT2D eigenvalue weighted by atomic mass is 16.5. The molecular formula is C18H16N2O4. The Balaban J connectivity index is 1.75. The van der Waals surface area contributed by atoms with Crippen LogP contribution in [0.5, 0.6) is 11.6 Å². The number of benzene rings is 1. The molecule has 24 heavy (non-hydrogen) atoms. The van der Waals surface area contributed by atoms with Crippen LogP contribution in [0.4, 0.5) is 0 Å². The Kier molecular flexibility index (Phi) is 4.56. The summed E-state index contributed by atoms with van der Waals surface area (Å²) in [6.07, 6.45) is 1.56. The summed E-state index contributed by atoms with van der Waals surface area (Å²) in [6, 6.07) is 12.4. The Bertz CT molecular complexity index is 824. The van der Waals surface area contributed by atoms with Gasteiger partial charge in [0.15, 0.2) is 0 Å². The molecule has 0 atom stereocenters. The molecule has 0 radical (unpaired) electrons. The molecule has 0 aliphatic rings. The van der Waals surface area contributed by atoms with Crippen molar-refractivity contribution < 1.29 is 18.8 Å². The molecule has 0 aliphatic heterocycles. The van der Waals surface area contributed by atoms with Crippen molar-refractivity contribution in [2.75, 3.05) is 0 Å². The summed E-state index contributed by atoms with van der Waals surface area (Å²) in [6.45, 7) is 3.66. The van der Waals surface area contributed by atoms with Crippen molar-refractivity contribution in [1.29, 1.82) is 0 Å². The van der Waals surface area contributed by atoms with Crippen LogP contribution in [0.2, 0.25) is 0 Å². The van der Waals surface area contributed by atoms with Crippen LogP contribution in [-0.4, -0.2) is 16.1 Å². The molecule has 0 unspecified atom stereocenters. The normalized spacial score (nSPS) is 10.4. The van der Waals surface area contributed by atoms with Gasteiger partial charge in [-0.3, -0.25) is 0 Å². The first-order chi connectivity index (χ1) is 11.6. The van der Waals surface area contributed by atoms with E-state index in [0.29, 0.717) is 17.2 Å². The number of carbonyl (C=O) groups is 1. The zero-order chi connectivity index (χ0) is 16.9. The van der Waals surface area contributed by atoms with Crippen LogP contribution in [0.15, 0.2) is 53.2 Å². The fraction of sp³-hybridized carbons (Fsp3) is 0.167. The van der Waals surface area contributed by atoms with E-state index in [4.69, 9.17) is 14.0 Å². The Morgan fingerprint density at radius 3 is 2.62 bits per heavy atom. The predicted molar refractivity (Wildman–Crippen MR) is 85.8 cm³/mol. The predicted octanol–water partition coefficient (Wildman–Crippen LogP) is 3.84. The molecule has 0 fully saturated rings. The fourth-order valence-electron chi connectivity index (χ4n) is 2.15. The van der Waals surface area contributed by atoms with Crippen molar-refractivity contribution in [2.45, 2.75) is 20.5 Å². The van der Waals surface area contributed by atoms with Gasteiger partial charge >= 0.3 is 5.97 Å². The standard InChI is InChI=1S/C18H16N2O4/c1-12-16(13(2)24-20-12)11-22-18(21)15-9-6-10-19-17(15)23-14-7-4-3-5-8-14/h3-10H,11H2,1-2H3. The SMILES string of the molecule is Cc1noc(C)c1COC(=O)c1cccnc1Oc1ccccc1. The number of aromatic nitrogens is 2. The van der Waals surface area contributed by atoms with E-state index in [2.05, 4.69) is 10.1 Å². The van der Waals surface area contributed by atoms with Gasteiger partial charge in [0.1, 0.15) is 23.7 Å². The summed E-state index contributed by atoms with van der Waals surface area (Å²) >= 11 is 0. The molecule has 0 saturated carbocycles. The minimum absolute atomic E-state index is 0.0830. The smallest absolute Gasteiger partial charge is 0.344 e. The molecular weight excluding hydrogens is 308 g/mol. The lowest BCUT2D eigenvalue weighted by Gasteiger charge is -2.09. The van der Waals surface area contributed by atoms with E-state index < -0.39 is 5.97 Å². The summed E-state index contributed by atoms with van der Waals surface area (Å²) in [5.74, 6) is 0.907. The quantitative estimate of drug-likeness (QED) is 0.664. The number of pyridine rings is 1. The van der Waals surface area contributed by atoms with Crippen LogP contribution in [0, 0.1) is 13.8 Å². The monoisotopic (exact) mass is 324 g/mol. The third kappa shape index (κ3) is 3.43. The molecule has 2 heterocycles. The number of carbonyl (C=O) groups excluding carboxylic acids is 1. The van der Waals surface area contributed by atoms with Crippen molar-refractivity contribution in [2.24, 2.45) is 0 Å². The molecule has 0 amide bonds. The van der Waals surface area contributed by atoms with Gasteiger partial charge in [-0.2, -0.15) is 0 Å². The molecule has 6 heteroatoms. The van der Waals surface area contributed by atoms with Crippen molar-refractivity contribution in [3.63, 3.8) is 0 Å². The van der Waals surface area contributed by atoms with Gasteiger partial charge in [0, 0.05) is 6.20 Å². The lowest BCUT2D eigenvalue weighted by molar-refractivity contribution is 0.0467. The molecule has 0 N–H and O–H groups in total. The number of nitrogens with zero attached hydrogens (tertiary/aromatic N) is 2. The van der Waals surface area contributed by atoms with Gasteiger partial charge in [-0.25, -0.2) is 9.78 Å². The van der Waals surface area contributed by atoms with Crippen LogP contribution in [0.25, 0.3) is 0 Å². The molecule has 0 aliphatic carbocycles. The average molecular weight is 324 g/mol. The second kappa shape index (κ2) is 6.95. The third-order valence-electron chi connectivity index (χ3n) is 3.48. The van der Waals surface area contributed by atoms with Crippen molar-refractivity contribution in [3.8, 4) is 11.6 Å². The van der Waals surface area contributed by atoms with E-state index >= 15 is 0 Å². The summed E-state index contributed by atoms with van der Waals surface area (Å²) in [5, 5.41) is 3.84. The van der Waals surface area contributed by atoms with E-state index in [1.54, 1.807) is 44.3 Å². The van der Waals surface area contributed by atoms with Crippen molar-refractivity contribution >= 4 is 5.97 Å². The second-order valence-corrected chi connectivity index (χ2v) is 5.15. The Labute approximate surface area is 139 Å². The number of hydrogen-bond donors (Lipinski definition) is 0. The molecule has 0 saturated heterocycles. The highest BCUT2D eigenvalue weighted by Crippen LogP contribution is 2.24. The number of para-hydroxylation sites is 1. The van der Waals surface area contributed by atoms with E-state index in [1.165, 1.54) is 0 Å². The minimum Gasteiger partial charge on any atom is -0.457 e. The van der Waals surface area contributed by atoms with E-state index in [-0.39, 0.29) is 18.1 Å². The number of aryl methyl sites for hydroxylation is 2. The van der Waals surface area contributed by atoms with Gasteiger partial charge in [-0.05, 0) is 38.1 Å². The summed E-state index contributed by atoms with van der Waals surface area (Å²) < 4.78 is 16.1. The Hall–Kier alpha value is -3.15. The van der Waals surface area contributed by atoms with Gasteiger partial charge in [-0.1, -0.05) is 23.4 Å². The van der Waals surface area contributed by atoms with Crippen LogP contribution < -0.4 is 4.74 Å². The molecule has 122 valence electrons. The number of rotatable bonds is 5. The zero-order valence-electron chi connectivity index (χ0n) is 13.4. The maximum absolute atomic E-state index is 12.4. The molecule has 0 spiro atoms. The Morgan fingerprint density at radius 1 is 1.12 bits per heavy atom. The van der Waals surface area contributed by atoms with E-state index in [9.17, 15) is 4.79 Å². The van der Waals surface area contributed by atoms with Gasteiger partial charge in [0.25, 0.3) is 0 Å². The summed E-state index contributed by atoms with van der Waals surface area (Å²) in [7, 11) is 0. The molecule has 2 aromatic heterocycles. The lowest BCUT2D eigenvalue weighted by Crippen LogP contribution is -2.08. The van der Waals surface area contributed by atoms with Gasteiger partial charge in [0.2, 0.25) is 5.88 Å². The van der Waals surface area contributed by atoms with Crippen LogP contribution >= 0.6 is 0 Å². The van der Waals surface area contributed by atoms with Crippen LogP contribution in [0.1, 0.15) is 27.4 Å².